The van der Waals surface area contributed by atoms with Crippen LogP contribution >= 0.6 is 11.6 Å². The number of hydrogen-bond acceptors (Lipinski definition) is 6. The maximum atomic E-state index is 12.0. The fourth-order valence-corrected chi connectivity index (χ4v) is 2.19. The molecule has 1 N–H and O–H groups in total. The maximum Gasteiger partial charge on any atom is 0.340 e. The third kappa shape index (κ3) is 4.54. The molecule has 1 heterocycles. The number of carbonyl (C=O) groups is 2. The zero-order chi connectivity index (χ0) is 18.6. The Morgan fingerprint density at radius 2 is 2.12 bits per heavy atom. The summed E-state index contributed by atoms with van der Waals surface area (Å²) < 4.78 is 6.46. The molecule has 0 aliphatic rings. The summed E-state index contributed by atoms with van der Waals surface area (Å²) in [7, 11) is 0. The quantitative estimate of drug-likeness (QED) is 0.477. The van der Waals surface area contributed by atoms with E-state index in [9.17, 15) is 19.7 Å². The first-order valence-electron chi connectivity index (χ1n) is 7.24. The minimum atomic E-state index is -0.929. The molecule has 10 heteroatoms. The van der Waals surface area contributed by atoms with Gasteiger partial charge in [0.15, 0.2) is 6.61 Å². The van der Waals surface area contributed by atoms with Crippen molar-refractivity contribution in [1.82, 2.24) is 9.78 Å². The van der Waals surface area contributed by atoms with Gasteiger partial charge in [-0.2, -0.15) is 5.10 Å². The van der Waals surface area contributed by atoms with E-state index >= 15 is 0 Å². The van der Waals surface area contributed by atoms with E-state index < -0.39 is 23.4 Å². The van der Waals surface area contributed by atoms with Crippen molar-refractivity contribution in [3.05, 3.63) is 51.2 Å². The third-order valence-corrected chi connectivity index (χ3v) is 3.47. The minimum Gasteiger partial charge on any atom is -0.452 e. The second kappa shape index (κ2) is 7.75. The smallest absolute Gasteiger partial charge is 0.340 e. The number of anilines is 1. The van der Waals surface area contributed by atoms with E-state index in [0.29, 0.717) is 5.82 Å². The summed E-state index contributed by atoms with van der Waals surface area (Å²) in [5, 5.41) is 17.4. The third-order valence-electron chi connectivity index (χ3n) is 3.14. The number of nitrogens with one attached hydrogen (secondary N) is 1. The van der Waals surface area contributed by atoms with Crippen molar-refractivity contribution in [2.24, 2.45) is 0 Å². The fraction of sp³-hybridized carbons (Fsp3) is 0.267. The van der Waals surface area contributed by atoms with Gasteiger partial charge in [0.05, 0.1) is 21.7 Å². The standard InChI is InChI=1S/C15H15ClN4O5/c1-9(2)19-13(5-6-17-19)18-14(21)8-25-15(22)11-7-10(20(23)24)3-4-12(11)16/h3-7,9H,8H2,1-2H3,(H,18,21). The van der Waals surface area contributed by atoms with Crippen LogP contribution in [0, 0.1) is 10.1 Å². The van der Waals surface area contributed by atoms with Gasteiger partial charge in [-0.25, -0.2) is 9.48 Å². The highest BCUT2D eigenvalue weighted by atomic mass is 35.5. The van der Waals surface area contributed by atoms with Crippen molar-refractivity contribution in [1.29, 1.82) is 0 Å². The Balaban J connectivity index is 2.00. The molecule has 0 atom stereocenters. The number of hydrogen-bond donors (Lipinski definition) is 1. The Kier molecular flexibility index (Phi) is 5.71. The molecule has 1 aromatic carbocycles. The van der Waals surface area contributed by atoms with Gasteiger partial charge in [0, 0.05) is 24.2 Å². The van der Waals surface area contributed by atoms with E-state index in [2.05, 4.69) is 10.4 Å². The first-order chi connectivity index (χ1) is 11.8. The molecule has 0 unspecified atom stereocenters. The summed E-state index contributed by atoms with van der Waals surface area (Å²) in [5.74, 6) is -1.04. The summed E-state index contributed by atoms with van der Waals surface area (Å²) in [6.07, 6.45) is 1.53. The highest BCUT2D eigenvalue weighted by Crippen LogP contribution is 2.22. The molecular weight excluding hydrogens is 352 g/mol. The lowest BCUT2D eigenvalue weighted by molar-refractivity contribution is -0.384. The molecule has 0 saturated heterocycles. The molecule has 0 aliphatic heterocycles. The van der Waals surface area contributed by atoms with Crippen LogP contribution < -0.4 is 5.32 Å². The Labute approximate surface area is 147 Å². The number of benzene rings is 1. The van der Waals surface area contributed by atoms with Crippen molar-refractivity contribution in [2.45, 2.75) is 19.9 Å². The van der Waals surface area contributed by atoms with Crippen molar-refractivity contribution in [3.8, 4) is 0 Å². The van der Waals surface area contributed by atoms with Gasteiger partial charge in [-0.1, -0.05) is 11.6 Å². The number of nitro benzene ring substituents is 1. The van der Waals surface area contributed by atoms with E-state index in [-0.39, 0.29) is 22.3 Å². The summed E-state index contributed by atoms with van der Waals surface area (Å²) >= 11 is 5.85. The maximum absolute atomic E-state index is 12.0. The average Bonchev–Trinajstić information content (AvgIpc) is 3.01. The number of non-ortho nitro benzene ring substituents is 1. The molecule has 25 heavy (non-hydrogen) atoms. The van der Waals surface area contributed by atoms with Gasteiger partial charge in [0.25, 0.3) is 11.6 Å². The SMILES string of the molecule is CC(C)n1nccc1NC(=O)COC(=O)c1cc([N+](=O)[O-])ccc1Cl. The normalized spacial score (nSPS) is 10.6. The summed E-state index contributed by atoms with van der Waals surface area (Å²) in [6, 6.07) is 5.03. The van der Waals surface area contributed by atoms with Crippen LogP contribution in [0.1, 0.15) is 30.2 Å². The number of nitro groups is 1. The van der Waals surface area contributed by atoms with E-state index in [1.807, 2.05) is 13.8 Å². The van der Waals surface area contributed by atoms with Crippen LogP contribution in [0.3, 0.4) is 0 Å². The first kappa shape index (κ1) is 18.4. The Bertz CT molecular complexity index is 818. The molecule has 0 saturated carbocycles. The lowest BCUT2D eigenvalue weighted by atomic mass is 10.2. The molecule has 9 nitrogen and oxygen atoms in total. The van der Waals surface area contributed by atoms with E-state index in [0.717, 1.165) is 6.07 Å². The van der Waals surface area contributed by atoms with Gasteiger partial charge in [-0.05, 0) is 19.9 Å². The van der Waals surface area contributed by atoms with Crippen molar-refractivity contribution < 1.29 is 19.2 Å². The highest BCUT2D eigenvalue weighted by molar-refractivity contribution is 6.33. The lowest BCUT2D eigenvalue weighted by Gasteiger charge is -2.12. The number of nitrogens with zero attached hydrogens (tertiary/aromatic N) is 3. The second-order valence-corrected chi connectivity index (χ2v) is 5.71. The number of esters is 1. The fourth-order valence-electron chi connectivity index (χ4n) is 2.00. The van der Waals surface area contributed by atoms with Gasteiger partial charge < -0.3 is 10.1 Å². The van der Waals surface area contributed by atoms with E-state index in [1.54, 1.807) is 10.7 Å². The summed E-state index contributed by atoms with van der Waals surface area (Å²) in [4.78, 5) is 34.0. The van der Waals surface area contributed by atoms with Crippen LogP contribution in [0.5, 0.6) is 0 Å². The number of ether oxygens (including phenoxy) is 1. The summed E-state index contributed by atoms with van der Waals surface area (Å²) in [6.45, 7) is 3.22. The molecule has 2 aromatic rings. The summed E-state index contributed by atoms with van der Waals surface area (Å²) in [5.41, 5.74) is -0.488. The lowest BCUT2D eigenvalue weighted by Crippen LogP contribution is -2.23. The van der Waals surface area contributed by atoms with Crippen LogP contribution in [0.2, 0.25) is 5.02 Å². The number of aromatic nitrogens is 2. The van der Waals surface area contributed by atoms with Crippen molar-refractivity contribution in [3.63, 3.8) is 0 Å². The van der Waals surface area contributed by atoms with Crippen LogP contribution in [-0.4, -0.2) is 33.2 Å². The van der Waals surface area contributed by atoms with Gasteiger partial charge in [0.2, 0.25) is 0 Å². The largest absolute Gasteiger partial charge is 0.452 e. The zero-order valence-electron chi connectivity index (χ0n) is 13.4. The number of halogens is 1. The molecule has 1 aromatic heterocycles. The van der Waals surface area contributed by atoms with Crippen molar-refractivity contribution >= 4 is 35.0 Å². The van der Waals surface area contributed by atoms with Crippen LogP contribution in [0.25, 0.3) is 0 Å². The predicted octanol–water partition coefficient (Wildman–Crippen LogP) is 2.82. The Morgan fingerprint density at radius 3 is 2.76 bits per heavy atom. The predicted molar refractivity (Wildman–Crippen MR) is 89.6 cm³/mol. The molecule has 0 radical (unpaired) electrons. The van der Waals surface area contributed by atoms with Crippen molar-refractivity contribution in [2.75, 3.05) is 11.9 Å². The van der Waals surface area contributed by atoms with E-state index in [1.165, 1.54) is 18.3 Å². The molecule has 0 aliphatic carbocycles. The molecule has 2 rings (SSSR count). The van der Waals surface area contributed by atoms with Gasteiger partial charge in [-0.15, -0.1) is 0 Å². The van der Waals surface area contributed by atoms with Crippen LogP contribution in [0.4, 0.5) is 11.5 Å². The Hall–Kier alpha value is -2.94. The molecule has 1 amide bonds. The molecular formula is C15H15ClN4O5. The average molecular weight is 367 g/mol. The van der Waals surface area contributed by atoms with Crippen LogP contribution in [0.15, 0.2) is 30.5 Å². The minimum absolute atomic E-state index is 0.00566. The molecule has 0 bridgehead atoms. The Morgan fingerprint density at radius 1 is 1.40 bits per heavy atom. The number of amides is 1. The van der Waals surface area contributed by atoms with Gasteiger partial charge in [0.1, 0.15) is 5.82 Å². The molecule has 0 fully saturated rings. The number of carbonyl (C=O) groups excluding carboxylic acids is 2. The number of rotatable bonds is 6. The first-order valence-corrected chi connectivity index (χ1v) is 7.62. The van der Waals surface area contributed by atoms with Gasteiger partial charge in [-0.3, -0.25) is 14.9 Å². The van der Waals surface area contributed by atoms with E-state index in [4.69, 9.17) is 16.3 Å². The van der Waals surface area contributed by atoms with Crippen LogP contribution in [-0.2, 0) is 9.53 Å². The zero-order valence-corrected chi connectivity index (χ0v) is 14.2. The topological polar surface area (TPSA) is 116 Å². The highest BCUT2D eigenvalue weighted by Gasteiger charge is 2.18. The molecule has 132 valence electrons. The van der Waals surface area contributed by atoms with Gasteiger partial charge >= 0.3 is 5.97 Å². The second-order valence-electron chi connectivity index (χ2n) is 5.30. The monoisotopic (exact) mass is 366 g/mol. The molecule has 0 spiro atoms.